The summed E-state index contributed by atoms with van der Waals surface area (Å²) >= 11 is 4.01. The normalized spacial score (nSPS) is 9.42. The average Bonchev–Trinajstić information content (AvgIpc) is 2.59. The maximum absolute atomic E-state index is 10.4. The van der Waals surface area contributed by atoms with Gasteiger partial charge in [-0.15, -0.1) is 22.7 Å². The molecule has 0 saturated heterocycles. The third-order valence-corrected chi connectivity index (χ3v) is 3.12. The molecule has 0 atom stereocenters. The maximum atomic E-state index is 10.4. The van der Waals surface area contributed by atoms with Crippen molar-refractivity contribution in [3.63, 3.8) is 0 Å². The monoisotopic (exact) mass is 380 g/mol. The van der Waals surface area contributed by atoms with Crippen LogP contribution in [0.1, 0.15) is 21.5 Å². The zero-order valence-electron chi connectivity index (χ0n) is 13.4. The molecule has 0 bridgehead atoms. The second-order valence-corrected chi connectivity index (χ2v) is 5.29. The lowest BCUT2D eigenvalue weighted by atomic mass is 10.1. The van der Waals surface area contributed by atoms with Crippen molar-refractivity contribution in [2.24, 2.45) is 5.73 Å². The number of nitrogens with zero attached hydrogens (tertiary/aromatic N) is 1. The van der Waals surface area contributed by atoms with E-state index in [2.05, 4.69) is 22.2 Å². The Hall–Kier alpha value is -3.27. The topological polar surface area (TPSA) is 142 Å². The number of aromatic carboxylic acids is 1. The molecule has 26 heavy (non-hydrogen) atoms. The van der Waals surface area contributed by atoms with Crippen molar-refractivity contribution < 1.29 is 29.4 Å². The van der Waals surface area contributed by atoms with Gasteiger partial charge in [-0.05, 0) is 35.4 Å². The third kappa shape index (κ3) is 8.55. The quantitative estimate of drug-likeness (QED) is 0.397. The van der Waals surface area contributed by atoms with Crippen LogP contribution in [0.2, 0.25) is 0 Å². The fourth-order valence-electron chi connectivity index (χ4n) is 1.69. The first-order chi connectivity index (χ1) is 12.3. The molecule has 0 aliphatic rings. The molecule has 0 radical (unpaired) electrons. The van der Waals surface area contributed by atoms with Crippen molar-refractivity contribution >= 4 is 24.7 Å². The number of primary amides is 1. The fourth-order valence-corrected chi connectivity index (χ4v) is 1.84. The van der Waals surface area contributed by atoms with Gasteiger partial charge in [0.05, 0.1) is 5.56 Å². The molecule has 3 N–H and O–H groups in total. The Labute approximate surface area is 153 Å². The smallest absolute Gasteiger partial charge is 0.404 e. The van der Waals surface area contributed by atoms with Gasteiger partial charge in [-0.3, -0.25) is 0 Å². The van der Waals surface area contributed by atoms with Crippen LogP contribution in [0.5, 0.6) is 0 Å². The summed E-state index contributed by atoms with van der Waals surface area (Å²) in [5, 5.41) is 17.6. The van der Waals surface area contributed by atoms with Crippen molar-refractivity contribution in [1.29, 1.82) is 0 Å². The van der Waals surface area contributed by atoms with E-state index in [0.29, 0.717) is 11.1 Å². The Morgan fingerprint density at radius 1 is 1.12 bits per heavy atom. The van der Waals surface area contributed by atoms with E-state index >= 15 is 0 Å². The minimum absolute atomic E-state index is 0.0294. The number of rotatable bonds is 6. The number of carbonyl (C=O) groups is 2. The number of hydrogen-bond acceptors (Lipinski definition) is 7. The van der Waals surface area contributed by atoms with E-state index in [4.69, 9.17) is 10.8 Å². The number of hydrogen-bond donors (Lipinski definition) is 3. The van der Waals surface area contributed by atoms with Crippen LogP contribution in [0, 0.1) is 10.1 Å². The van der Waals surface area contributed by atoms with Crippen molar-refractivity contribution in [2.45, 2.75) is 18.1 Å². The highest BCUT2D eigenvalue weighted by Gasteiger charge is 2.01. The Kier molecular flexibility index (Phi) is 8.44. The molecule has 0 aliphatic carbocycles. The Morgan fingerprint density at radius 2 is 1.69 bits per heavy atom. The molecule has 10 heteroatoms. The lowest BCUT2D eigenvalue weighted by Gasteiger charge is -2.04. The molecule has 1 amide bonds. The maximum Gasteiger partial charge on any atom is 0.404 e. The second kappa shape index (κ2) is 10.6. The number of thiol groups is 1. The third-order valence-electron chi connectivity index (χ3n) is 2.82. The van der Waals surface area contributed by atoms with Crippen LogP contribution in [0.15, 0.2) is 53.4 Å². The van der Waals surface area contributed by atoms with Gasteiger partial charge < -0.3 is 20.4 Å². The molecule has 0 unspecified atom stereocenters. The van der Waals surface area contributed by atoms with E-state index in [-0.39, 0.29) is 18.8 Å². The molecular formula is C16H16N2O7S. The highest BCUT2D eigenvalue weighted by molar-refractivity contribution is 7.80. The summed E-state index contributed by atoms with van der Waals surface area (Å²) in [4.78, 5) is 35.6. The number of nitrogens with two attached hydrogens (primary N) is 1. The molecule has 9 nitrogen and oxygen atoms in total. The van der Waals surface area contributed by atoms with Crippen LogP contribution in [-0.4, -0.2) is 22.3 Å². The van der Waals surface area contributed by atoms with E-state index < -0.39 is 17.1 Å². The van der Waals surface area contributed by atoms with Crippen LogP contribution < -0.4 is 5.73 Å². The molecular weight excluding hydrogens is 364 g/mol. The minimum atomic E-state index is -0.909. The fraction of sp³-hybridized carbons (Fsp3) is 0.125. The first kappa shape index (κ1) is 20.8. The average molecular weight is 380 g/mol. The molecule has 0 saturated carbocycles. The molecule has 0 spiro atoms. The lowest BCUT2D eigenvalue weighted by Crippen LogP contribution is -2.12. The minimum Gasteiger partial charge on any atom is -0.478 e. The van der Waals surface area contributed by atoms with E-state index in [9.17, 15) is 19.7 Å². The standard InChI is InChI=1S/C9H10N2O5.C7H6O2S/c10-9(12)15-5-7-2-1-3-8(4-7)6-16-11(13)14;8-7(9)5-1-3-6(10)4-2-5/h1-4H,5-6H2,(H2,10,12);1-4,10H,(H,8,9). The predicted octanol–water partition coefficient (Wildman–Crippen LogP) is 2.66. The van der Waals surface area contributed by atoms with Gasteiger partial charge in [0.25, 0.3) is 5.09 Å². The Balaban J connectivity index is 0.000000289. The van der Waals surface area contributed by atoms with Crippen molar-refractivity contribution in [3.05, 3.63) is 75.3 Å². The summed E-state index contributed by atoms with van der Waals surface area (Å²) in [5.74, 6) is -0.909. The zero-order valence-corrected chi connectivity index (χ0v) is 14.3. The van der Waals surface area contributed by atoms with Crippen molar-refractivity contribution in [2.75, 3.05) is 0 Å². The van der Waals surface area contributed by atoms with Gasteiger partial charge in [-0.1, -0.05) is 24.3 Å². The number of carbonyl (C=O) groups excluding carboxylic acids is 1. The van der Waals surface area contributed by atoms with E-state index in [1.807, 2.05) is 0 Å². The zero-order chi connectivity index (χ0) is 19.5. The van der Waals surface area contributed by atoms with Crippen molar-refractivity contribution in [1.82, 2.24) is 0 Å². The molecule has 0 aromatic heterocycles. The number of amides is 1. The summed E-state index contributed by atoms with van der Waals surface area (Å²) in [5.41, 5.74) is 6.39. The first-order valence-electron chi connectivity index (χ1n) is 7.07. The summed E-state index contributed by atoms with van der Waals surface area (Å²) < 4.78 is 4.57. The van der Waals surface area contributed by atoms with Gasteiger partial charge >= 0.3 is 12.1 Å². The Morgan fingerprint density at radius 3 is 2.19 bits per heavy atom. The van der Waals surface area contributed by atoms with Gasteiger partial charge in [0.15, 0.2) is 0 Å². The Bertz CT molecular complexity index is 732. The highest BCUT2D eigenvalue weighted by atomic mass is 32.1. The van der Waals surface area contributed by atoms with Gasteiger partial charge in [-0.2, -0.15) is 0 Å². The first-order valence-corrected chi connectivity index (χ1v) is 7.52. The van der Waals surface area contributed by atoms with Gasteiger partial charge in [-0.25, -0.2) is 9.59 Å². The molecule has 0 aliphatic heterocycles. The summed E-state index contributed by atoms with van der Waals surface area (Å²) in [7, 11) is 0. The largest absolute Gasteiger partial charge is 0.478 e. The van der Waals surface area contributed by atoms with E-state index in [1.165, 1.54) is 12.1 Å². The van der Waals surface area contributed by atoms with Gasteiger partial charge in [0.1, 0.15) is 13.2 Å². The second-order valence-electron chi connectivity index (χ2n) is 4.78. The van der Waals surface area contributed by atoms with Crippen LogP contribution in [0.4, 0.5) is 4.79 Å². The van der Waals surface area contributed by atoms with Gasteiger partial charge in [0.2, 0.25) is 0 Å². The lowest BCUT2D eigenvalue weighted by molar-refractivity contribution is -0.763. The van der Waals surface area contributed by atoms with Gasteiger partial charge in [0, 0.05) is 4.90 Å². The van der Waals surface area contributed by atoms with Crippen molar-refractivity contribution in [3.8, 4) is 0 Å². The number of ether oxygens (including phenoxy) is 1. The molecule has 0 fully saturated rings. The molecule has 2 rings (SSSR count). The van der Waals surface area contributed by atoms with Crippen LogP contribution >= 0.6 is 12.6 Å². The van der Waals surface area contributed by atoms with Crippen LogP contribution in [-0.2, 0) is 22.8 Å². The predicted molar refractivity (Wildman–Crippen MR) is 93.3 cm³/mol. The van der Waals surface area contributed by atoms with Crippen LogP contribution in [0.25, 0.3) is 0 Å². The molecule has 0 heterocycles. The van der Waals surface area contributed by atoms with Crippen LogP contribution in [0.3, 0.4) is 0 Å². The molecule has 2 aromatic rings. The molecule has 138 valence electrons. The van der Waals surface area contributed by atoms with E-state index in [0.717, 1.165) is 4.90 Å². The number of benzene rings is 2. The summed E-state index contributed by atoms with van der Waals surface area (Å²) in [6.45, 7) is -0.112. The summed E-state index contributed by atoms with van der Waals surface area (Å²) in [6.07, 6.45) is -0.869. The summed E-state index contributed by atoms with van der Waals surface area (Å²) in [6, 6.07) is 13.0. The number of carboxylic acid groups (broad SMARTS) is 1. The van der Waals surface area contributed by atoms with E-state index in [1.54, 1.807) is 36.4 Å². The molecule has 2 aromatic carbocycles. The highest BCUT2D eigenvalue weighted by Crippen LogP contribution is 2.08. The number of carboxylic acids is 1. The SMILES string of the molecule is NC(=O)OCc1cccc(CO[N+](=O)[O-])c1.O=C(O)c1ccc(S)cc1.